The molecule has 1 aliphatic heterocycles. The van der Waals surface area contributed by atoms with E-state index >= 15 is 0 Å². The summed E-state index contributed by atoms with van der Waals surface area (Å²) in [6.07, 6.45) is 1.97. The molecule has 0 aliphatic carbocycles. The van der Waals surface area contributed by atoms with Crippen LogP contribution in [-0.4, -0.2) is 5.71 Å². The summed E-state index contributed by atoms with van der Waals surface area (Å²) in [6.45, 7) is 0. The minimum Gasteiger partial charge on any atom is -0.277 e. The second-order valence-corrected chi connectivity index (χ2v) is 7.28. The van der Waals surface area contributed by atoms with Gasteiger partial charge in [0.15, 0.2) is 0 Å². The van der Waals surface area contributed by atoms with Gasteiger partial charge >= 0.3 is 0 Å². The van der Waals surface area contributed by atoms with Gasteiger partial charge in [0.1, 0.15) is 0 Å². The Labute approximate surface area is 172 Å². The predicted octanol–water partition coefficient (Wildman–Crippen LogP) is 6.42. The van der Waals surface area contributed by atoms with E-state index in [0.29, 0.717) is 15.1 Å². The number of hydrazone groups is 1. The molecule has 0 atom stereocenters. The monoisotopic (exact) mass is 413 g/mol. The number of hydrogen-bond acceptors (Lipinski definition) is 3. The highest BCUT2D eigenvalue weighted by molar-refractivity contribution is 6.31. The van der Waals surface area contributed by atoms with Crippen molar-refractivity contribution >= 4 is 51.9 Å². The number of hydrazine groups is 1. The fraction of sp³-hybridized carbons (Fsp3) is 0. The van der Waals surface area contributed by atoms with Crippen LogP contribution in [0.4, 0.5) is 5.69 Å². The van der Waals surface area contributed by atoms with Gasteiger partial charge in [-0.25, -0.2) is 0 Å². The van der Waals surface area contributed by atoms with Gasteiger partial charge in [-0.2, -0.15) is 10.2 Å². The number of rotatable bonds is 3. The van der Waals surface area contributed by atoms with Crippen molar-refractivity contribution in [1.29, 1.82) is 0 Å². The van der Waals surface area contributed by atoms with Gasteiger partial charge in [-0.05, 0) is 48.5 Å². The van der Waals surface area contributed by atoms with Crippen molar-refractivity contribution in [3.8, 4) is 0 Å². The number of anilines is 1. The van der Waals surface area contributed by atoms with Crippen molar-refractivity contribution in [1.82, 2.24) is 5.43 Å². The van der Waals surface area contributed by atoms with Gasteiger partial charge in [-0.3, -0.25) is 5.43 Å². The van der Waals surface area contributed by atoms with Crippen LogP contribution in [0.2, 0.25) is 15.1 Å². The summed E-state index contributed by atoms with van der Waals surface area (Å²) in [4.78, 5) is 0. The molecule has 1 N–H and O–H groups in total. The molecule has 27 heavy (non-hydrogen) atoms. The first-order chi connectivity index (χ1) is 13.1. The van der Waals surface area contributed by atoms with Crippen LogP contribution in [-0.2, 0) is 0 Å². The van der Waals surface area contributed by atoms with Gasteiger partial charge in [0.25, 0.3) is 0 Å². The highest BCUT2D eigenvalue weighted by Crippen LogP contribution is 2.26. The summed E-state index contributed by atoms with van der Waals surface area (Å²) in [7, 11) is 0. The van der Waals surface area contributed by atoms with Crippen molar-refractivity contribution in [2.45, 2.75) is 0 Å². The normalized spacial score (nSPS) is 13.7. The highest BCUT2D eigenvalue weighted by Gasteiger charge is 2.18. The molecular weight excluding hydrogens is 401 g/mol. The third-order valence-electron chi connectivity index (χ3n) is 4.02. The third-order valence-corrected chi connectivity index (χ3v) is 4.73. The van der Waals surface area contributed by atoms with E-state index in [0.717, 1.165) is 28.2 Å². The molecular formula is C21H14Cl3N3. The van der Waals surface area contributed by atoms with Crippen LogP contribution in [0, 0.1) is 0 Å². The largest absolute Gasteiger partial charge is 0.277 e. The zero-order valence-corrected chi connectivity index (χ0v) is 16.3. The summed E-state index contributed by atoms with van der Waals surface area (Å²) in [5, 5.41) is 8.36. The zero-order chi connectivity index (χ0) is 18.8. The second kappa shape index (κ2) is 7.65. The van der Waals surface area contributed by atoms with Crippen LogP contribution in [0.3, 0.4) is 0 Å². The molecule has 3 aromatic carbocycles. The summed E-state index contributed by atoms with van der Waals surface area (Å²) in [5.74, 6) is 0. The molecule has 6 heteroatoms. The van der Waals surface area contributed by atoms with Crippen LogP contribution >= 0.6 is 34.8 Å². The molecule has 0 saturated heterocycles. The summed E-state index contributed by atoms with van der Waals surface area (Å²) >= 11 is 18.5. The van der Waals surface area contributed by atoms with E-state index in [9.17, 15) is 0 Å². The van der Waals surface area contributed by atoms with E-state index < -0.39 is 0 Å². The van der Waals surface area contributed by atoms with Gasteiger partial charge < -0.3 is 0 Å². The van der Waals surface area contributed by atoms with Crippen LogP contribution < -0.4 is 10.5 Å². The van der Waals surface area contributed by atoms with E-state index in [-0.39, 0.29) is 0 Å². The first-order valence-corrected chi connectivity index (χ1v) is 9.36. The van der Waals surface area contributed by atoms with Gasteiger partial charge in [0.05, 0.1) is 17.1 Å². The number of hydrogen-bond donors (Lipinski definition) is 1. The van der Waals surface area contributed by atoms with Gasteiger partial charge in [0, 0.05) is 26.2 Å². The van der Waals surface area contributed by atoms with Gasteiger partial charge in [-0.1, -0.05) is 65.1 Å². The maximum absolute atomic E-state index is 6.18. The Bertz CT molecular complexity index is 1060. The highest BCUT2D eigenvalue weighted by atomic mass is 35.5. The number of nitrogens with zero attached hydrogens (tertiary/aromatic N) is 2. The maximum Gasteiger partial charge on any atom is 0.0950 e. The van der Waals surface area contributed by atoms with E-state index in [1.165, 1.54) is 0 Å². The summed E-state index contributed by atoms with van der Waals surface area (Å²) < 4.78 is 0. The molecule has 1 aliphatic rings. The van der Waals surface area contributed by atoms with E-state index in [4.69, 9.17) is 39.9 Å². The molecule has 134 valence electrons. The van der Waals surface area contributed by atoms with Crippen LogP contribution in [0.25, 0.3) is 5.70 Å². The Morgan fingerprint density at radius 1 is 0.704 bits per heavy atom. The van der Waals surface area contributed by atoms with Crippen molar-refractivity contribution < 1.29 is 0 Å². The Kier molecular flexibility index (Phi) is 5.08. The summed E-state index contributed by atoms with van der Waals surface area (Å²) in [5.41, 5.74) is 7.62. The minimum atomic E-state index is 0.632. The molecule has 0 fully saturated rings. The zero-order valence-electron chi connectivity index (χ0n) is 14.0. The molecule has 0 aromatic heterocycles. The fourth-order valence-electron chi connectivity index (χ4n) is 2.77. The first kappa shape index (κ1) is 17.9. The predicted molar refractivity (Wildman–Crippen MR) is 114 cm³/mol. The maximum atomic E-state index is 6.18. The van der Waals surface area contributed by atoms with E-state index in [1.807, 2.05) is 78.9 Å². The molecule has 1 heterocycles. The topological polar surface area (TPSA) is 27.6 Å². The molecule has 0 unspecified atom stereocenters. The first-order valence-electron chi connectivity index (χ1n) is 8.23. The average Bonchev–Trinajstić information content (AvgIpc) is 2.68. The van der Waals surface area contributed by atoms with Crippen LogP contribution in [0.15, 0.2) is 84.0 Å². The van der Waals surface area contributed by atoms with Crippen molar-refractivity contribution in [2.24, 2.45) is 5.10 Å². The number of benzene rings is 3. The van der Waals surface area contributed by atoms with E-state index in [2.05, 4.69) is 5.43 Å². The molecule has 4 rings (SSSR count). The SMILES string of the molecule is Clc1cccc(C2=CC(c3cccc(Cl)c3)=NN(c3cccc(Cl)c3)N2)c1. The molecule has 0 spiro atoms. The standard InChI is InChI=1S/C21H14Cl3N3/c22-16-6-1-4-14(10-16)20-13-21(15-5-2-7-17(23)11-15)26-27(25-20)19-9-3-8-18(24)12-19/h1-13,25H. The van der Waals surface area contributed by atoms with Crippen molar-refractivity contribution in [2.75, 3.05) is 5.12 Å². The number of halogens is 3. The molecule has 0 amide bonds. The van der Waals surface area contributed by atoms with Crippen molar-refractivity contribution in [3.63, 3.8) is 0 Å². The minimum absolute atomic E-state index is 0.632. The molecule has 3 aromatic rings. The fourth-order valence-corrected chi connectivity index (χ4v) is 3.33. The number of allylic oxidation sites excluding steroid dienone is 1. The van der Waals surface area contributed by atoms with Gasteiger partial charge in [-0.15, -0.1) is 0 Å². The lowest BCUT2D eigenvalue weighted by atomic mass is 10.1. The quantitative estimate of drug-likeness (QED) is 0.535. The Morgan fingerprint density at radius 2 is 1.30 bits per heavy atom. The summed E-state index contributed by atoms with van der Waals surface area (Å²) in [6, 6.07) is 22.7. The Morgan fingerprint density at radius 3 is 1.96 bits per heavy atom. The molecule has 0 radical (unpaired) electrons. The molecule has 3 nitrogen and oxygen atoms in total. The van der Waals surface area contributed by atoms with Crippen molar-refractivity contribution in [3.05, 3.63) is 105 Å². The van der Waals surface area contributed by atoms with Crippen LogP contribution in [0.1, 0.15) is 11.1 Å². The number of nitrogens with one attached hydrogen (secondary N) is 1. The molecule has 0 bridgehead atoms. The second-order valence-electron chi connectivity index (χ2n) is 5.97. The molecule has 0 saturated carbocycles. The lowest BCUT2D eigenvalue weighted by molar-refractivity contribution is 0.787. The Balaban J connectivity index is 1.81. The smallest absolute Gasteiger partial charge is 0.0950 e. The Hall–Kier alpha value is -2.46. The lowest BCUT2D eigenvalue weighted by Gasteiger charge is -2.28. The lowest BCUT2D eigenvalue weighted by Crippen LogP contribution is -2.36. The van der Waals surface area contributed by atoms with E-state index in [1.54, 1.807) is 5.12 Å². The average molecular weight is 415 g/mol. The van der Waals surface area contributed by atoms with Gasteiger partial charge in [0.2, 0.25) is 0 Å². The third kappa shape index (κ3) is 4.11. The van der Waals surface area contributed by atoms with Crippen LogP contribution in [0.5, 0.6) is 0 Å².